The van der Waals surface area contributed by atoms with Crippen LogP contribution in [0.2, 0.25) is 5.02 Å². The van der Waals surface area contributed by atoms with Gasteiger partial charge in [-0.3, -0.25) is 9.59 Å². The van der Waals surface area contributed by atoms with Crippen molar-refractivity contribution >= 4 is 35.1 Å². The van der Waals surface area contributed by atoms with Crippen LogP contribution in [-0.4, -0.2) is 36.0 Å². The van der Waals surface area contributed by atoms with Gasteiger partial charge in [-0.2, -0.15) is 0 Å². The molecule has 2 rings (SSSR count). The molecule has 0 atom stereocenters. The van der Waals surface area contributed by atoms with E-state index in [1.165, 1.54) is 12.1 Å². The molecular weight excluding hydrogens is 468 g/mol. The van der Waals surface area contributed by atoms with Gasteiger partial charge in [0, 0.05) is 35.7 Å². The number of carboxylic acids is 1. The minimum absolute atomic E-state index is 0.00477. The summed E-state index contributed by atoms with van der Waals surface area (Å²) in [7, 11) is 0. The number of carbonyl (C=O) groups excluding carboxylic acids is 2. The van der Waals surface area contributed by atoms with Gasteiger partial charge in [0.1, 0.15) is 5.75 Å². The molecular formula is C27H35ClN2O5. The van der Waals surface area contributed by atoms with E-state index in [-0.39, 0.29) is 22.8 Å². The van der Waals surface area contributed by atoms with Gasteiger partial charge in [0.25, 0.3) is 0 Å². The van der Waals surface area contributed by atoms with Gasteiger partial charge in [0.05, 0.1) is 12.2 Å². The van der Waals surface area contributed by atoms with Crippen LogP contribution in [0.15, 0.2) is 42.5 Å². The Morgan fingerprint density at radius 1 is 0.914 bits per heavy atom. The highest BCUT2D eigenvalue weighted by Crippen LogP contribution is 2.33. The van der Waals surface area contributed by atoms with E-state index in [0.717, 1.165) is 24.2 Å². The van der Waals surface area contributed by atoms with E-state index in [4.69, 9.17) is 21.4 Å². The molecule has 0 aliphatic carbocycles. The van der Waals surface area contributed by atoms with E-state index >= 15 is 0 Å². The van der Waals surface area contributed by atoms with E-state index in [9.17, 15) is 14.4 Å². The number of carboxylic acid groups (broad SMARTS) is 1. The third kappa shape index (κ3) is 10.4. The molecule has 0 bridgehead atoms. The van der Waals surface area contributed by atoms with Crippen molar-refractivity contribution in [3.63, 3.8) is 0 Å². The lowest BCUT2D eigenvalue weighted by molar-refractivity contribution is -0.121. The maximum Gasteiger partial charge on any atom is 0.335 e. The first-order valence-corrected chi connectivity index (χ1v) is 12.3. The van der Waals surface area contributed by atoms with Crippen LogP contribution in [0.4, 0.5) is 5.69 Å². The normalized spacial score (nSPS) is 11.1. The first-order chi connectivity index (χ1) is 16.6. The van der Waals surface area contributed by atoms with E-state index in [1.807, 2.05) is 18.2 Å². The molecule has 0 radical (unpaired) electrons. The summed E-state index contributed by atoms with van der Waals surface area (Å²) in [6.07, 6.45) is 3.61. The SMILES string of the molecule is CC(C)(C)c1cc(Cl)ccc1OCCCCC(=O)NCCCCC(=O)Nc1ccc(C(=O)O)cc1. The van der Waals surface area contributed by atoms with Crippen molar-refractivity contribution in [2.75, 3.05) is 18.5 Å². The Kier molecular flexibility index (Phi) is 11.1. The van der Waals surface area contributed by atoms with Crippen molar-refractivity contribution in [3.8, 4) is 5.75 Å². The van der Waals surface area contributed by atoms with Crippen LogP contribution >= 0.6 is 11.6 Å². The Morgan fingerprint density at radius 2 is 1.57 bits per heavy atom. The molecule has 7 nitrogen and oxygen atoms in total. The smallest absolute Gasteiger partial charge is 0.335 e. The van der Waals surface area contributed by atoms with Crippen LogP contribution in [0.1, 0.15) is 75.2 Å². The average Bonchev–Trinajstić information content (AvgIpc) is 2.79. The Balaban J connectivity index is 1.55. The Labute approximate surface area is 212 Å². The van der Waals surface area contributed by atoms with Crippen LogP contribution < -0.4 is 15.4 Å². The standard InChI is InChI=1S/C27H35ClN2O5/c1-27(2,3)22-18-20(28)12-15-23(22)35-17-7-5-8-24(31)29-16-6-4-9-25(32)30-21-13-10-19(11-14-21)26(33)34/h10-15,18H,4-9,16-17H2,1-3H3,(H,29,31)(H,30,32)(H,33,34). The molecule has 35 heavy (non-hydrogen) atoms. The fourth-order valence-corrected chi connectivity index (χ4v) is 3.60. The summed E-state index contributed by atoms with van der Waals surface area (Å²) in [5.74, 6) is -0.330. The number of benzene rings is 2. The maximum atomic E-state index is 12.0. The number of hydrogen-bond acceptors (Lipinski definition) is 4. The molecule has 3 N–H and O–H groups in total. The third-order valence-corrected chi connectivity index (χ3v) is 5.61. The number of nitrogens with one attached hydrogen (secondary N) is 2. The van der Waals surface area contributed by atoms with Crippen LogP contribution in [0.5, 0.6) is 5.75 Å². The zero-order valence-corrected chi connectivity index (χ0v) is 21.4. The number of hydrogen-bond donors (Lipinski definition) is 3. The fraction of sp³-hybridized carbons (Fsp3) is 0.444. The number of halogens is 1. The predicted molar refractivity (Wildman–Crippen MR) is 138 cm³/mol. The summed E-state index contributed by atoms with van der Waals surface area (Å²) in [4.78, 5) is 34.9. The minimum Gasteiger partial charge on any atom is -0.493 e. The largest absolute Gasteiger partial charge is 0.493 e. The van der Waals surface area contributed by atoms with Crippen molar-refractivity contribution in [1.82, 2.24) is 5.32 Å². The van der Waals surface area contributed by atoms with Gasteiger partial charge in [-0.05, 0) is 73.6 Å². The Hall–Kier alpha value is -3.06. The third-order valence-electron chi connectivity index (χ3n) is 5.37. The molecule has 0 heterocycles. The molecule has 0 spiro atoms. The number of rotatable bonds is 13. The average molecular weight is 503 g/mol. The highest BCUT2D eigenvalue weighted by molar-refractivity contribution is 6.30. The molecule has 0 aliphatic rings. The fourth-order valence-electron chi connectivity index (χ4n) is 3.43. The molecule has 0 aromatic heterocycles. The second kappa shape index (κ2) is 13.7. The topological polar surface area (TPSA) is 105 Å². The van der Waals surface area contributed by atoms with Crippen molar-refractivity contribution in [2.24, 2.45) is 0 Å². The number of ether oxygens (including phenoxy) is 1. The van der Waals surface area contributed by atoms with Crippen molar-refractivity contribution in [3.05, 3.63) is 58.6 Å². The van der Waals surface area contributed by atoms with Gasteiger partial charge < -0.3 is 20.5 Å². The molecule has 0 saturated carbocycles. The molecule has 0 fully saturated rings. The summed E-state index contributed by atoms with van der Waals surface area (Å²) in [6.45, 7) is 7.40. The van der Waals surface area contributed by atoms with Gasteiger partial charge >= 0.3 is 5.97 Å². The number of anilines is 1. The predicted octanol–water partition coefficient (Wildman–Crippen LogP) is 5.81. The summed E-state index contributed by atoms with van der Waals surface area (Å²) in [5.41, 5.74) is 1.71. The van der Waals surface area contributed by atoms with Crippen LogP contribution in [-0.2, 0) is 15.0 Å². The lowest BCUT2D eigenvalue weighted by atomic mass is 9.86. The molecule has 8 heteroatoms. The molecule has 2 aromatic rings. The second-order valence-electron chi connectivity index (χ2n) is 9.43. The summed E-state index contributed by atoms with van der Waals surface area (Å²) in [5, 5.41) is 15.2. The maximum absolute atomic E-state index is 12.0. The summed E-state index contributed by atoms with van der Waals surface area (Å²) < 4.78 is 5.94. The molecule has 2 amide bonds. The lowest BCUT2D eigenvalue weighted by Crippen LogP contribution is -2.24. The van der Waals surface area contributed by atoms with Crippen molar-refractivity contribution in [1.29, 1.82) is 0 Å². The molecule has 2 aromatic carbocycles. The number of aromatic carboxylic acids is 1. The lowest BCUT2D eigenvalue weighted by Gasteiger charge is -2.23. The number of carbonyl (C=O) groups is 3. The monoisotopic (exact) mass is 502 g/mol. The van der Waals surface area contributed by atoms with Gasteiger partial charge in [0.2, 0.25) is 11.8 Å². The van der Waals surface area contributed by atoms with Crippen molar-refractivity contribution in [2.45, 2.75) is 64.7 Å². The highest BCUT2D eigenvalue weighted by Gasteiger charge is 2.19. The van der Waals surface area contributed by atoms with E-state index in [1.54, 1.807) is 12.1 Å². The highest BCUT2D eigenvalue weighted by atomic mass is 35.5. The first kappa shape index (κ1) is 28.2. The quantitative estimate of drug-likeness (QED) is 0.300. The van der Waals surface area contributed by atoms with Gasteiger partial charge in [-0.1, -0.05) is 32.4 Å². The van der Waals surface area contributed by atoms with Gasteiger partial charge in [-0.15, -0.1) is 0 Å². The van der Waals surface area contributed by atoms with Gasteiger partial charge in [-0.25, -0.2) is 4.79 Å². The molecule has 0 aliphatic heterocycles. The Bertz CT molecular complexity index is 1000. The zero-order valence-electron chi connectivity index (χ0n) is 20.7. The van der Waals surface area contributed by atoms with Crippen LogP contribution in [0, 0.1) is 0 Å². The summed E-state index contributed by atoms with van der Waals surface area (Å²) in [6, 6.07) is 11.7. The van der Waals surface area contributed by atoms with E-state index < -0.39 is 5.97 Å². The molecule has 0 saturated heterocycles. The minimum atomic E-state index is -1.01. The summed E-state index contributed by atoms with van der Waals surface area (Å²) >= 11 is 6.13. The first-order valence-electron chi connectivity index (χ1n) is 11.9. The van der Waals surface area contributed by atoms with E-state index in [0.29, 0.717) is 49.5 Å². The molecule has 190 valence electrons. The Morgan fingerprint density at radius 3 is 2.23 bits per heavy atom. The van der Waals surface area contributed by atoms with Gasteiger partial charge in [0.15, 0.2) is 0 Å². The van der Waals surface area contributed by atoms with E-state index in [2.05, 4.69) is 31.4 Å². The number of unbranched alkanes of at least 4 members (excludes halogenated alkanes) is 2. The molecule has 0 unspecified atom stereocenters. The van der Waals surface area contributed by atoms with Crippen molar-refractivity contribution < 1.29 is 24.2 Å². The second-order valence-corrected chi connectivity index (χ2v) is 9.87. The zero-order chi connectivity index (χ0) is 25.8. The number of amides is 2. The van der Waals surface area contributed by atoms with Crippen LogP contribution in [0.25, 0.3) is 0 Å². The van der Waals surface area contributed by atoms with Crippen LogP contribution in [0.3, 0.4) is 0 Å².